The monoisotopic (exact) mass is 287 g/mol. The zero-order valence-corrected chi connectivity index (χ0v) is 11.6. The normalized spacial score (nSPS) is 11.9. The molecule has 0 aliphatic carbocycles. The van der Waals surface area contributed by atoms with E-state index >= 15 is 0 Å². The predicted molar refractivity (Wildman–Crippen MR) is 67.5 cm³/mol. The lowest BCUT2D eigenvalue weighted by molar-refractivity contribution is 0.559. The van der Waals surface area contributed by atoms with E-state index in [-0.39, 0.29) is 5.16 Å². The van der Waals surface area contributed by atoms with E-state index in [1.54, 1.807) is 0 Å². The van der Waals surface area contributed by atoms with E-state index in [2.05, 4.69) is 15.2 Å². The van der Waals surface area contributed by atoms with Crippen molar-refractivity contribution in [3.05, 3.63) is 10.4 Å². The number of nitrogens with two attached hydrogens (primary N) is 1. The molecule has 7 nitrogen and oxygen atoms in total. The summed E-state index contributed by atoms with van der Waals surface area (Å²) in [5.74, 6) is 0.435. The van der Waals surface area contributed by atoms with Crippen molar-refractivity contribution in [2.24, 2.45) is 5.14 Å². The fraction of sp³-hybridized carbons (Fsp3) is 0.444. The molecule has 0 atom stereocenters. The van der Waals surface area contributed by atoms with Crippen LogP contribution < -0.4 is 5.14 Å². The quantitative estimate of drug-likeness (QED) is 0.894. The Kier molecular flexibility index (Phi) is 3.46. The molecular formula is C9H13N5O2S2. The van der Waals surface area contributed by atoms with Crippen LogP contribution in [0.1, 0.15) is 18.4 Å². The van der Waals surface area contributed by atoms with E-state index in [4.69, 9.17) is 5.14 Å². The summed E-state index contributed by atoms with van der Waals surface area (Å²) in [6, 6.07) is 0. The first-order chi connectivity index (χ1) is 8.43. The lowest BCUT2D eigenvalue weighted by Crippen LogP contribution is -2.19. The average molecular weight is 287 g/mol. The van der Waals surface area contributed by atoms with Crippen LogP contribution in [0.4, 0.5) is 0 Å². The molecule has 0 fully saturated rings. The Morgan fingerprint density at radius 3 is 2.67 bits per heavy atom. The molecule has 2 aromatic rings. The van der Waals surface area contributed by atoms with E-state index in [0.717, 1.165) is 11.4 Å². The summed E-state index contributed by atoms with van der Waals surface area (Å²) in [6.45, 7) is 4.28. The Bertz CT molecular complexity index is 658. The highest BCUT2D eigenvalue weighted by molar-refractivity contribution is 7.89. The standard InChI is InChI=1S/C9H13N5O2S2/c1-3-4-14-8(7-5-17-6(2)11-7)12-13-9(14)18(10,15)16/h5H,3-4H2,1-2H3,(H2,10,15,16). The molecule has 0 amide bonds. The minimum atomic E-state index is -3.87. The fourth-order valence-corrected chi connectivity index (χ4v) is 2.81. The van der Waals surface area contributed by atoms with Crippen molar-refractivity contribution < 1.29 is 8.42 Å². The molecule has 0 saturated carbocycles. The summed E-state index contributed by atoms with van der Waals surface area (Å²) in [5, 5.41) is 15.1. The highest BCUT2D eigenvalue weighted by atomic mass is 32.2. The number of hydrogen-bond donors (Lipinski definition) is 1. The van der Waals surface area contributed by atoms with Crippen LogP contribution >= 0.6 is 11.3 Å². The van der Waals surface area contributed by atoms with Crippen molar-refractivity contribution in [1.82, 2.24) is 19.7 Å². The Morgan fingerprint density at radius 2 is 2.17 bits per heavy atom. The molecule has 0 radical (unpaired) electrons. The van der Waals surface area contributed by atoms with Crippen LogP contribution in [-0.4, -0.2) is 28.2 Å². The van der Waals surface area contributed by atoms with E-state index in [0.29, 0.717) is 18.1 Å². The van der Waals surface area contributed by atoms with Gasteiger partial charge in [-0.25, -0.2) is 18.5 Å². The number of aromatic nitrogens is 4. The van der Waals surface area contributed by atoms with Crippen LogP contribution in [0.2, 0.25) is 0 Å². The first-order valence-corrected chi connectivity index (χ1v) is 7.74. The number of hydrogen-bond acceptors (Lipinski definition) is 6. The Morgan fingerprint density at radius 1 is 1.44 bits per heavy atom. The molecule has 18 heavy (non-hydrogen) atoms. The zero-order valence-electron chi connectivity index (χ0n) is 9.99. The van der Waals surface area contributed by atoms with E-state index in [1.807, 2.05) is 19.2 Å². The van der Waals surface area contributed by atoms with Gasteiger partial charge in [0.15, 0.2) is 5.82 Å². The lowest BCUT2D eigenvalue weighted by atomic mass is 10.4. The van der Waals surface area contributed by atoms with Crippen LogP contribution in [0.3, 0.4) is 0 Å². The van der Waals surface area contributed by atoms with Crippen LogP contribution in [0, 0.1) is 6.92 Å². The Hall–Kier alpha value is -1.32. The van der Waals surface area contributed by atoms with Crippen LogP contribution in [-0.2, 0) is 16.6 Å². The maximum atomic E-state index is 11.4. The second kappa shape index (κ2) is 4.75. The molecule has 2 aromatic heterocycles. The van der Waals surface area contributed by atoms with Crippen molar-refractivity contribution in [2.75, 3.05) is 0 Å². The molecule has 98 valence electrons. The Labute approximate surface area is 109 Å². The number of rotatable bonds is 4. The number of sulfonamides is 1. The van der Waals surface area contributed by atoms with Crippen LogP contribution in [0.25, 0.3) is 11.5 Å². The molecule has 0 aliphatic rings. The van der Waals surface area contributed by atoms with Gasteiger partial charge in [0, 0.05) is 11.9 Å². The maximum absolute atomic E-state index is 11.4. The first kappa shape index (κ1) is 13.1. The second-order valence-corrected chi connectivity index (χ2v) is 6.27. The second-order valence-electron chi connectivity index (χ2n) is 3.75. The van der Waals surface area contributed by atoms with Gasteiger partial charge >= 0.3 is 0 Å². The van der Waals surface area contributed by atoms with Gasteiger partial charge in [0.2, 0.25) is 0 Å². The molecule has 2 rings (SSSR count). The molecule has 2 N–H and O–H groups in total. The molecule has 0 unspecified atom stereocenters. The van der Waals surface area contributed by atoms with Crippen LogP contribution in [0.5, 0.6) is 0 Å². The fourth-order valence-electron chi connectivity index (χ4n) is 1.58. The zero-order chi connectivity index (χ0) is 13.3. The average Bonchev–Trinajstić information content (AvgIpc) is 2.83. The number of primary sulfonamides is 1. The molecule has 0 aromatic carbocycles. The van der Waals surface area contributed by atoms with Gasteiger partial charge in [0.25, 0.3) is 15.2 Å². The minimum Gasteiger partial charge on any atom is -0.295 e. The van der Waals surface area contributed by atoms with E-state index in [1.165, 1.54) is 15.9 Å². The largest absolute Gasteiger partial charge is 0.295 e. The summed E-state index contributed by atoms with van der Waals surface area (Å²) < 4.78 is 24.3. The topological polar surface area (TPSA) is 104 Å². The molecule has 0 spiro atoms. The van der Waals surface area contributed by atoms with Crippen molar-refractivity contribution in [3.8, 4) is 11.5 Å². The third-order valence-electron chi connectivity index (χ3n) is 2.27. The summed E-state index contributed by atoms with van der Waals surface area (Å²) in [5.41, 5.74) is 0.619. The molecule has 2 heterocycles. The molecule has 0 saturated heterocycles. The molecular weight excluding hydrogens is 274 g/mol. The Balaban J connectivity index is 2.59. The summed E-state index contributed by atoms with van der Waals surface area (Å²) in [6.07, 6.45) is 0.747. The van der Waals surface area contributed by atoms with Crippen LogP contribution in [0.15, 0.2) is 10.5 Å². The van der Waals surface area contributed by atoms with E-state index < -0.39 is 10.0 Å². The third-order valence-corrected chi connectivity index (χ3v) is 3.85. The maximum Gasteiger partial charge on any atom is 0.273 e. The van der Waals surface area contributed by atoms with Crippen molar-refractivity contribution in [3.63, 3.8) is 0 Å². The van der Waals surface area contributed by atoms with Gasteiger partial charge in [-0.1, -0.05) is 6.92 Å². The summed E-state index contributed by atoms with van der Waals surface area (Å²) in [7, 11) is -3.87. The number of aryl methyl sites for hydroxylation is 1. The molecule has 0 bridgehead atoms. The predicted octanol–water partition coefficient (Wildman–Crippen LogP) is 0.767. The SMILES string of the molecule is CCCn1c(-c2csc(C)n2)nnc1S(N)(=O)=O. The van der Waals surface area contributed by atoms with Crippen molar-refractivity contribution in [2.45, 2.75) is 32.0 Å². The van der Waals surface area contributed by atoms with Crippen molar-refractivity contribution in [1.29, 1.82) is 0 Å². The minimum absolute atomic E-state index is 0.218. The molecule has 9 heteroatoms. The number of thiazole rings is 1. The number of nitrogens with zero attached hydrogens (tertiary/aromatic N) is 4. The van der Waals surface area contributed by atoms with E-state index in [9.17, 15) is 8.42 Å². The highest BCUT2D eigenvalue weighted by Gasteiger charge is 2.22. The summed E-state index contributed by atoms with van der Waals surface area (Å²) >= 11 is 1.47. The molecule has 0 aliphatic heterocycles. The van der Waals surface area contributed by atoms with Gasteiger partial charge < -0.3 is 0 Å². The van der Waals surface area contributed by atoms with Crippen molar-refractivity contribution >= 4 is 21.4 Å². The van der Waals surface area contributed by atoms with Gasteiger partial charge in [-0.3, -0.25) is 4.57 Å². The van der Waals surface area contributed by atoms with Gasteiger partial charge in [-0.15, -0.1) is 21.5 Å². The lowest BCUT2D eigenvalue weighted by Gasteiger charge is -2.05. The summed E-state index contributed by atoms with van der Waals surface area (Å²) in [4.78, 5) is 4.28. The van der Waals surface area contributed by atoms with Gasteiger partial charge in [0.05, 0.1) is 5.01 Å². The van der Waals surface area contributed by atoms with Gasteiger partial charge in [-0.05, 0) is 13.3 Å². The van der Waals surface area contributed by atoms with Gasteiger partial charge in [0.1, 0.15) is 5.69 Å². The highest BCUT2D eigenvalue weighted by Crippen LogP contribution is 2.22. The first-order valence-electron chi connectivity index (χ1n) is 5.32. The smallest absolute Gasteiger partial charge is 0.273 e. The third kappa shape index (κ3) is 2.42. The van der Waals surface area contributed by atoms with Gasteiger partial charge in [-0.2, -0.15) is 0 Å².